The summed E-state index contributed by atoms with van der Waals surface area (Å²) in [6, 6.07) is 9.98. The third-order valence-corrected chi connectivity index (χ3v) is 6.58. The summed E-state index contributed by atoms with van der Waals surface area (Å²) in [4.78, 5) is 37.0. The molecule has 0 saturated carbocycles. The Morgan fingerprint density at radius 2 is 1.97 bits per heavy atom. The van der Waals surface area contributed by atoms with E-state index in [1.54, 1.807) is 28.3 Å². The van der Waals surface area contributed by atoms with E-state index in [4.69, 9.17) is 0 Å². The summed E-state index contributed by atoms with van der Waals surface area (Å²) >= 11 is 0. The molecule has 2 fully saturated rings. The molecule has 1 aromatic carbocycles. The molecule has 2 aromatic rings. The molecule has 34 heavy (non-hydrogen) atoms. The largest absolute Gasteiger partial charge is 0.327 e. The van der Waals surface area contributed by atoms with Crippen molar-refractivity contribution >= 4 is 17.5 Å². The lowest BCUT2D eigenvalue weighted by atomic mass is 9.87. The Balaban J connectivity index is 1.82. The number of nitrogens with one attached hydrogen (secondary N) is 1. The number of anilines is 1. The van der Waals surface area contributed by atoms with Crippen LogP contribution in [0.1, 0.15) is 50.8 Å². The zero-order valence-electron chi connectivity index (χ0n) is 20.1. The van der Waals surface area contributed by atoms with Gasteiger partial charge in [-0.05, 0) is 42.0 Å². The molecule has 3 heterocycles. The summed E-state index contributed by atoms with van der Waals surface area (Å²) in [7, 11) is 0. The molecule has 2 aliphatic rings. The number of carbonyl (C=O) groups is 2. The fourth-order valence-electron chi connectivity index (χ4n) is 4.64. The number of pyridine rings is 1. The van der Waals surface area contributed by atoms with Gasteiger partial charge in [-0.25, -0.2) is 0 Å². The first-order valence-corrected chi connectivity index (χ1v) is 11.8. The summed E-state index contributed by atoms with van der Waals surface area (Å²) in [5, 5.41) is 12.8. The number of aromatic nitrogens is 1. The molecule has 4 rings (SSSR count). The highest BCUT2D eigenvalue weighted by Crippen LogP contribution is 2.34. The number of hydrogen-bond donors (Lipinski definition) is 1. The first-order chi connectivity index (χ1) is 16.3. The summed E-state index contributed by atoms with van der Waals surface area (Å²) in [5.74, 6) is -0.398. The van der Waals surface area contributed by atoms with Crippen molar-refractivity contribution in [3.8, 4) is 6.19 Å². The fourth-order valence-corrected chi connectivity index (χ4v) is 4.64. The number of rotatable bonds is 5. The average Bonchev–Trinajstić information content (AvgIpc) is 3.54. The van der Waals surface area contributed by atoms with Crippen molar-refractivity contribution in [3.63, 3.8) is 0 Å². The molecular weight excluding hydrogens is 428 g/mol. The van der Waals surface area contributed by atoms with E-state index >= 15 is 0 Å². The molecule has 8 nitrogen and oxygen atoms in total. The lowest BCUT2D eigenvalue weighted by Crippen LogP contribution is -2.50. The van der Waals surface area contributed by atoms with Crippen LogP contribution in [-0.4, -0.2) is 58.9 Å². The first kappa shape index (κ1) is 23.7. The van der Waals surface area contributed by atoms with Crippen molar-refractivity contribution < 1.29 is 9.59 Å². The Bertz CT molecular complexity index is 1050. The number of amides is 2. The van der Waals surface area contributed by atoms with Crippen LogP contribution >= 0.6 is 0 Å². The first-order valence-electron chi connectivity index (χ1n) is 11.8. The smallest absolute Gasteiger partial charge is 0.251 e. The second-order valence-electron chi connectivity index (χ2n) is 9.91. The average molecular weight is 461 g/mol. The van der Waals surface area contributed by atoms with Crippen LogP contribution in [0.25, 0.3) is 0 Å². The van der Waals surface area contributed by atoms with Crippen molar-refractivity contribution in [1.29, 1.82) is 5.26 Å². The summed E-state index contributed by atoms with van der Waals surface area (Å²) in [6.07, 6.45) is 6.81. The van der Waals surface area contributed by atoms with Crippen LogP contribution in [0.3, 0.4) is 0 Å². The van der Waals surface area contributed by atoms with Crippen LogP contribution in [0.5, 0.6) is 0 Å². The van der Waals surface area contributed by atoms with Crippen LogP contribution in [0.4, 0.5) is 5.69 Å². The second-order valence-corrected chi connectivity index (χ2v) is 9.91. The quantitative estimate of drug-likeness (QED) is 0.690. The normalized spacial score (nSPS) is 19.1. The molecular formula is C26H32N6O2. The number of hydrogen-bond acceptors (Lipinski definition) is 6. The lowest BCUT2D eigenvalue weighted by molar-refractivity contribution is -0.134. The molecule has 0 bridgehead atoms. The number of benzene rings is 1. The van der Waals surface area contributed by atoms with E-state index in [1.165, 1.54) is 4.90 Å². The molecule has 2 atom stereocenters. The van der Waals surface area contributed by atoms with Gasteiger partial charge in [-0.2, -0.15) is 5.26 Å². The van der Waals surface area contributed by atoms with Crippen LogP contribution in [0.2, 0.25) is 0 Å². The van der Waals surface area contributed by atoms with E-state index < -0.39 is 12.1 Å². The van der Waals surface area contributed by atoms with Crippen LogP contribution in [0, 0.1) is 11.5 Å². The third kappa shape index (κ3) is 4.75. The Hall–Kier alpha value is -3.44. The highest BCUT2D eigenvalue weighted by Gasteiger charge is 2.41. The molecule has 2 aliphatic heterocycles. The molecule has 178 valence electrons. The standard InChI is InChI=1S/C26H32N6O2/c1-26(2,3)20-8-10-21(11-9-20)32(24(33)22-7-5-14-30(22)17-27)23(19-6-4-12-28-16-19)25(34)31-15-13-29-18-31/h4,6,8-12,16,22-23,29H,5,7,13-15,18H2,1-3H3. The maximum atomic E-state index is 14.1. The van der Waals surface area contributed by atoms with E-state index in [1.807, 2.05) is 30.3 Å². The molecule has 1 aromatic heterocycles. The molecule has 0 aliphatic carbocycles. The SMILES string of the molecule is CC(C)(C)c1ccc(N(C(=O)C2CCCN2C#N)C(C(=O)N2CCNC2)c2cccnc2)cc1. The van der Waals surface area contributed by atoms with Gasteiger partial charge < -0.3 is 4.90 Å². The predicted molar refractivity (Wildman–Crippen MR) is 130 cm³/mol. The molecule has 0 radical (unpaired) electrons. The van der Waals surface area contributed by atoms with Gasteiger partial charge >= 0.3 is 0 Å². The molecule has 0 spiro atoms. The monoisotopic (exact) mass is 460 g/mol. The van der Waals surface area contributed by atoms with E-state index in [2.05, 4.69) is 37.3 Å². The third-order valence-electron chi connectivity index (χ3n) is 6.58. The lowest BCUT2D eigenvalue weighted by Gasteiger charge is -2.36. The van der Waals surface area contributed by atoms with Gasteiger partial charge in [0.05, 0.1) is 6.67 Å². The summed E-state index contributed by atoms with van der Waals surface area (Å²) in [6.45, 7) is 8.68. The maximum absolute atomic E-state index is 14.1. The van der Waals surface area contributed by atoms with Gasteiger partial charge in [0, 0.05) is 43.3 Å². The summed E-state index contributed by atoms with van der Waals surface area (Å²) in [5.41, 5.74) is 2.37. The summed E-state index contributed by atoms with van der Waals surface area (Å²) < 4.78 is 0. The Morgan fingerprint density at radius 3 is 2.56 bits per heavy atom. The fraction of sp³-hybridized carbons (Fsp3) is 0.462. The van der Waals surface area contributed by atoms with Crippen molar-refractivity contribution in [3.05, 3.63) is 59.9 Å². The van der Waals surface area contributed by atoms with Gasteiger partial charge in [-0.3, -0.25) is 29.7 Å². The Kier molecular flexibility index (Phi) is 6.85. The van der Waals surface area contributed by atoms with Crippen molar-refractivity contribution in [2.75, 3.05) is 31.2 Å². The number of nitriles is 1. The van der Waals surface area contributed by atoms with Crippen molar-refractivity contribution in [2.45, 2.75) is 51.1 Å². The molecule has 2 amide bonds. The zero-order valence-corrected chi connectivity index (χ0v) is 20.1. The zero-order chi connectivity index (χ0) is 24.3. The predicted octanol–water partition coefficient (Wildman–Crippen LogP) is 2.79. The highest BCUT2D eigenvalue weighted by atomic mass is 16.2. The molecule has 2 saturated heterocycles. The maximum Gasteiger partial charge on any atom is 0.251 e. The van der Waals surface area contributed by atoms with Crippen molar-refractivity contribution in [2.24, 2.45) is 0 Å². The van der Waals surface area contributed by atoms with Gasteiger partial charge in [0.25, 0.3) is 11.8 Å². The molecule has 2 unspecified atom stereocenters. The molecule has 8 heteroatoms. The van der Waals surface area contributed by atoms with Gasteiger partial charge in [0.15, 0.2) is 6.19 Å². The van der Waals surface area contributed by atoms with Gasteiger partial charge in [-0.1, -0.05) is 39.0 Å². The van der Waals surface area contributed by atoms with Gasteiger partial charge in [0.1, 0.15) is 12.1 Å². The Labute approximate surface area is 201 Å². The van der Waals surface area contributed by atoms with Crippen LogP contribution in [0.15, 0.2) is 48.8 Å². The minimum absolute atomic E-state index is 0.0454. The van der Waals surface area contributed by atoms with Crippen molar-refractivity contribution in [1.82, 2.24) is 20.1 Å². The topological polar surface area (TPSA) is 92.6 Å². The van der Waals surface area contributed by atoms with Crippen LogP contribution < -0.4 is 10.2 Å². The number of likely N-dealkylation sites (tertiary alicyclic amines) is 1. The molecule has 1 N–H and O–H groups in total. The van der Waals surface area contributed by atoms with Crippen LogP contribution in [-0.2, 0) is 15.0 Å². The van der Waals surface area contributed by atoms with Gasteiger partial charge in [0.2, 0.25) is 0 Å². The highest BCUT2D eigenvalue weighted by molar-refractivity contribution is 6.04. The van der Waals surface area contributed by atoms with E-state index in [-0.39, 0.29) is 17.2 Å². The van der Waals surface area contributed by atoms with Gasteiger partial charge in [-0.15, -0.1) is 0 Å². The Morgan fingerprint density at radius 1 is 1.21 bits per heavy atom. The number of carbonyl (C=O) groups excluding carboxylic acids is 2. The van der Waals surface area contributed by atoms with E-state index in [0.29, 0.717) is 44.0 Å². The minimum atomic E-state index is -0.872. The van der Waals surface area contributed by atoms with E-state index in [9.17, 15) is 14.9 Å². The minimum Gasteiger partial charge on any atom is -0.327 e. The van der Waals surface area contributed by atoms with E-state index in [0.717, 1.165) is 12.0 Å². The second kappa shape index (κ2) is 9.82. The number of nitrogens with zero attached hydrogens (tertiary/aromatic N) is 5.